The first-order valence-electron chi connectivity index (χ1n) is 7.00. The van der Waals surface area contributed by atoms with Crippen molar-refractivity contribution in [2.24, 2.45) is 13.0 Å². The second-order valence-corrected chi connectivity index (χ2v) is 5.87. The van der Waals surface area contributed by atoms with Crippen molar-refractivity contribution < 1.29 is 0 Å². The molecule has 1 aromatic rings. The zero-order valence-electron chi connectivity index (χ0n) is 11.3. The Bertz CT molecular complexity index is 388. The van der Waals surface area contributed by atoms with Crippen LogP contribution >= 0.6 is 0 Å². The van der Waals surface area contributed by atoms with Crippen LogP contribution in [-0.4, -0.2) is 45.6 Å². The first kappa shape index (κ1) is 12.1. The lowest BCUT2D eigenvalue weighted by Gasteiger charge is -2.36. The van der Waals surface area contributed by atoms with Crippen LogP contribution in [0.3, 0.4) is 0 Å². The number of fused-ring (bicyclic) bond motifs is 2. The van der Waals surface area contributed by atoms with E-state index in [0.29, 0.717) is 0 Å². The molecule has 5 heteroatoms. The molecule has 1 aromatic heterocycles. The minimum Gasteiger partial charge on any atom is -0.311 e. The molecule has 2 bridgehead atoms. The van der Waals surface area contributed by atoms with Gasteiger partial charge >= 0.3 is 0 Å². The number of nitrogens with zero attached hydrogens (tertiary/aromatic N) is 4. The molecule has 5 nitrogen and oxygen atoms in total. The first-order chi connectivity index (χ1) is 8.74. The lowest BCUT2D eigenvalue weighted by molar-refractivity contribution is 0.132. The minimum absolute atomic E-state index is 0.842. The van der Waals surface area contributed by atoms with Crippen LogP contribution in [-0.2, 0) is 13.6 Å². The van der Waals surface area contributed by atoms with Crippen molar-refractivity contribution in [3.63, 3.8) is 0 Å². The number of piperidine rings is 1. The summed E-state index contributed by atoms with van der Waals surface area (Å²) in [6, 6.07) is 1.68. The first-order valence-corrected chi connectivity index (χ1v) is 7.00. The van der Waals surface area contributed by atoms with Crippen molar-refractivity contribution in [1.29, 1.82) is 0 Å². The van der Waals surface area contributed by atoms with Gasteiger partial charge in [0, 0.05) is 25.7 Å². The van der Waals surface area contributed by atoms with Crippen molar-refractivity contribution in [2.75, 3.05) is 13.6 Å². The fraction of sp³-hybridized carbons (Fsp3) is 0.846. The van der Waals surface area contributed by atoms with Crippen LogP contribution < -0.4 is 5.32 Å². The van der Waals surface area contributed by atoms with E-state index < -0.39 is 0 Å². The van der Waals surface area contributed by atoms with E-state index in [9.17, 15) is 0 Å². The third-order valence-electron chi connectivity index (χ3n) is 4.74. The van der Waals surface area contributed by atoms with E-state index in [0.717, 1.165) is 36.8 Å². The fourth-order valence-electron chi connectivity index (χ4n) is 3.57. The number of hydrogen-bond donors (Lipinski definition) is 1. The van der Waals surface area contributed by atoms with Gasteiger partial charge in [0.25, 0.3) is 0 Å². The topological polar surface area (TPSA) is 46.0 Å². The van der Waals surface area contributed by atoms with Crippen LogP contribution in [0, 0.1) is 5.92 Å². The second kappa shape index (κ2) is 4.97. The third kappa shape index (κ3) is 2.29. The molecule has 0 spiro atoms. The van der Waals surface area contributed by atoms with Crippen molar-refractivity contribution in [2.45, 2.75) is 44.3 Å². The molecule has 2 saturated heterocycles. The molecule has 1 N–H and O–H groups in total. The van der Waals surface area contributed by atoms with Crippen molar-refractivity contribution >= 4 is 0 Å². The Morgan fingerprint density at radius 3 is 2.61 bits per heavy atom. The lowest BCUT2D eigenvalue weighted by atomic mass is 9.91. The third-order valence-corrected chi connectivity index (χ3v) is 4.74. The molecule has 2 unspecified atom stereocenters. The molecule has 3 heterocycles. The Labute approximate surface area is 109 Å². The van der Waals surface area contributed by atoms with Crippen LogP contribution in [0.4, 0.5) is 0 Å². The summed E-state index contributed by atoms with van der Waals surface area (Å²) in [4.78, 5) is 2.60. The number of aromatic nitrogens is 3. The van der Waals surface area contributed by atoms with E-state index in [1.807, 2.05) is 17.9 Å². The van der Waals surface area contributed by atoms with Gasteiger partial charge in [-0.25, -0.2) is 0 Å². The van der Waals surface area contributed by atoms with Crippen LogP contribution in [0.15, 0.2) is 6.20 Å². The molecule has 0 saturated carbocycles. The van der Waals surface area contributed by atoms with Gasteiger partial charge < -0.3 is 10.2 Å². The molecule has 2 aliphatic heterocycles. The SMILES string of the molecule is CN1C2CCC1CC(CNCc1cnnn1C)C2. The van der Waals surface area contributed by atoms with Crippen molar-refractivity contribution in [1.82, 2.24) is 25.2 Å². The van der Waals surface area contributed by atoms with Gasteiger partial charge in [0.05, 0.1) is 11.9 Å². The summed E-state index contributed by atoms with van der Waals surface area (Å²) in [6.45, 7) is 2.01. The van der Waals surface area contributed by atoms with Crippen LogP contribution in [0.5, 0.6) is 0 Å². The molecule has 0 aromatic carbocycles. The number of aryl methyl sites for hydroxylation is 1. The quantitative estimate of drug-likeness (QED) is 0.856. The Morgan fingerprint density at radius 1 is 1.28 bits per heavy atom. The summed E-state index contributed by atoms with van der Waals surface area (Å²) in [5.74, 6) is 0.847. The average molecular weight is 249 g/mol. The number of nitrogens with one attached hydrogen (secondary N) is 1. The highest BCUT2D eigenvalue weighted by Crippen LogP contribution is 2.36. The van der Waals surface area contributed by atoms with Crippen LogP contribution in [0.2, 0.25) is 0 Å². The van der Waals surface area contributed by atoms with Gasteiger partial charge in [0.15, 0.2) is 0 Å². The Kier molecular flexibility index (Phi) is 3.35. The molecular formula is C13H23N5. The predicted molar refractivity (Wildman–Crippen MR) is 70.0 cm³/mol. The molecule has 3 rings (SSSR count). The van der Waals surface area contributed by atoms with Gasteiger partial charge in [0.1, 0.15) is 0 Å². The Morgan fingerprint density at radius 2 is 2.00 bits per heavy atom. The molecule has 2 fully saturated rings. The highest BCUT2D eigenvalue weighted by Gasteiger charge is 2.37. The zero-order valence-corrected chi connectivity index (χ0v) is 11.3. The number of rotatable bonds is 4. The van der Waals surface area contributed by atoms with Gasteiger partial charge in [-0.1, -0.05) is 5.21 Å². The molecule has 0 radical (unpaired) electrons. The van der Waals surface area contributed by atoms with Gasteiger partial charge in [-0.2, -0.15) is 0 Å². The van der Waals surface area contributed by atoms with Gasteiger partial charge in [0.2, 0.25) is 0 Å². The molecule has 2 aliphatic rings. The molecule has 2 atom stereocenters. The van der Waals surface area contributed by atoms with E-state index in [2.05, 4.69) is 27.6 Å². The number of hydrogen-bond acceptors (Lipinski definition) is 4. The van der Waals surface area contributed by atoms with Crippen LogP contribution in [0.25, 0.3) is 0 Å². The van der Waals surface area contributed by atoms with Gasteiger partial charge in [-0.3, -0.25) is 4.68 Å². The largest absolute Gasteiger partial charge is 0.311 e. The highest BCUT2D eigenvalue weighted by atomic mass is 15.4. The summed E-state index contributed by atoms with van der Waals surface area (Å²) >= 11 is 0. The average Bonchev–Trinajstić information content (AvgIpc) is 2.82. The van der Waals surface area contributed by atoms with Crippen molar-refractivity contribution in [3.05, 3.63) is 11.9 Å². The molecule has 100 valence electrons. The molecule has 18 heavy (non-hydrogen) atoms. The summed E-state index contributed by atoms with van der Waals surface area (Å²) < 4.78 is 1.84. The highest BCUT2D eigenvalue weighted by molar-refractivity contribution is 4.95. The van der Waals surface area contributed by atoms with Crippen molar-refractivity contribution in [3.8, 4) is 0 Å². The van der Waals surface area contributed by atoms with E-state index in [1.165, 1.54) is 25.7 Å². The Balaban J connectivity index is 1.46. The second-order valence-electron chi connectivity index (χ2n) is 5.87. The lowest BCUT2D eigenvalue weighted by Crippen LogP contribution is -2.42. The maximum atomic E-state index is 3.95. The predicted octanol–water partition coefficient (Wildman–Crippen LogP) is 0.777. The fourth-order valence-corrected chi connectivity index (χ4v) is 3.57. The normalized spacial score (nSPS) is 32.0. The zero-order chi connectivity index (χ0) is 12.5. The summed E-state index contributed by atoms with van der Waals surface area (Å²) in [5, 5.41) is 11.4. The maximum absolute atomic E-state index is 3.95. The molecular weight excluding hydrogens is 226 g/mol. The van der Waals surface area contributed by atoms with Crippen LogP contribution in [0.1, 0.15) is 31.4 Å². The van der Waals surface area contributed by atoms with E-state index in [1.54, 1.807) is 0 Å². The van der Waals surface area contributed by atoms with Gasteiger partial charge in [-0.05, 0) is 45.2 Å². The maximum Gasteiger partial charge on any atom is 0.0738 e. The standard InChI is InChI=1S/C13H23N5/c1-17-11-3-4-12(17)6-10(5-11)7-14-8-13-9-15-16-18(13)2/h9-12,14H,3-8H2,1-2H3. The van der Waals surface area contributed by atoms with E-state index in [4.69, 9.17) is 0 Å². The van der Waals surface area contributed by atoms with Gasteiger partial charge in [-0.15, -0.1) is 5.10 Å². The molecule has 0 amide bonds. The summed E-state index contributed by atoms with van der Waals surface area (Å²) in [6.07, 6.45) is 7.38. The van der Waals surface area contributed by atoms with E-state index >= 15 is 0 Å². The molecule has 0 aliphatic carbocycles. The smallest absolute Gasteiger partial charge is 0.0738 e. The van der Waals surface area contributed by atoms with E-state index in [-0.39, 0.29) is 0 Å². The Hall–Kier alpha value is -0.940. The minimum atomic E-state index is 0.842. The summed E-state index contributed by atoms with van der Waals surface area (Å²) in [7, 11) is 4.24. The monoisotopic (exact) mass is 249 g/mol. The summed E-state index contributed by atoms with van der Waals surface area (Å²) in [5.41, 5.74) is 1.16.